The number of benzene rings is 1. The summed E-state index contributed by atoms with van der Waals surface area (Å²) in [6, 6.07) is 4.12. The molecule has 2 rings (SSSR count). The van der Waals surface area contributed by atoms with Crippen molar-refractivity contribution in [1.82, 2.24) is 15.0 Å². The average Bonchev–Trinajstić information content (AvgIpc) is 2.91. The molecule has 0 atom stereocenters. The van der Waals surface area contributed by atoms with Crippen molar-refractivity contribution in [2.45, 2.75) is 13.0 Å². The Morgan fingerprint density at radius 3 is 2.80 bits per heavy atom. The largest absolute Gasteiger partial charge is 0.505 e. The summed E-state index contributed by atoms with van der Waals surface area (Å²) in [5.41, 5.74) is -0.201. The van der Waals surface area contributed by atoms with Crippen LogP contribution in [0.5, 0.6) is 5.75 Å². The number of carbonyl (C=O) groups is 2. The van der Waals surface area contributed by atoms with Crippen LogP contribution >= 0.6 is 0 Å². The molecule has 0 bridgehead atoms. The number of aromatic hydroxyl groups is 1. The Hall–Kier alpha value is -2.90. The minimum atomic E-state index is -1.26. The first-order valence-electron chi connectivity index (χ1n) is 5.77. The van der Waals surface area contributed by atoms with Gasteiger partial charge in [0.2, 0.25) is 5.91 Å². The molecule has 0 spiro atoms. The number of aromatic nitrogens is 3. The molecule has 0 unspecified atom stereocenters. The van der Waals surface area contributed by atoms with Gasteiger partial charge in [-0.15, -0.1) is 5.10 Å². The second kappa shape index (κ2) is 5.83. The summed E-state index contributed by atoms with van der Waals surface area (Å²) in [5.74, 6) is -2.09. The fourth-order valence-electron chi connectivity index (χ4n) is 1.60. The summed E-state index contributed by atoms with van der Waals surface area (Å²) in [6.07, 6.45) is 3.25. The number of nitrogens with zero attached hydrogens (tertiary/aromatic N) is 3. The van der Waals surface area contributed by atoms with Gasteiger partial charge >= 0.3 is 5.97 Å². The molecule has 0 aliphatic heterocycles. The van der Waals surface area contributed by atoms with E-state index in [0.717, 1.165) is 0 Å². The number of hydrogen-bond donors (Lipinski definition) is 3. The van der Waals surface area contributed by atoms with E-state index in [1.54, 1.807) is 6.20 Å². The van der Waals surface area contributed by atoms with Gasteiger partial charge in [0.25, 0.3) is 0 Å². The Morgan fingerprint density at radius 2 is 2.15 bits per heavy atom. The third-order valence-electron chi connectivity index (χ3n) is 2.58. The van der Waals surface area contributed by atoms with E-state index in [2.05, 4.69) is 15.6 Å². The molecule has 0 saturated heterocycles. The molecule has 0 radical (unpaired) electrons. The van der Waals surface area contributed by atoms with Crippen LogP contribution in [0.1, 0.15) is 16.8 Å². The molecule has 104 valence electrons. The van der Waals surface area contributed by atoms with Crippen molar-refractivity contribution in [1.29, 1.82) is 0 Å². The van der Waals surface area contributed by atoms with Crippen molar-refractivity contribution < 1.29 is 19.8 Å². The highest BCUT2D eigenvalue weighted by molar-refractivity contribution is 5.97. The quantitative estimate of drug-likeness (QED) is 0.692. The van der Waals surface area contributed by atoms with Crippen LogP contribution in [0.4, 0.5) is 5.69 Å². The smallest absolute Gasteiger partial charge is 0.339 e. The predicted octanol–water partition coefficient (Wildman–Crippen LogP) is 0.711. The van der Waals surface area contributed by atoms with E-state index in [4.69, 9.17) is 5.11 Å². The van der Waals surface area contributed by atoms with Crippen LogP contribution in [0.3, 0.4) is 0 Å². The lowest BCUT2D eigenvalue weighted by atomic mass is 10.1. The van der Waals surface area contributed by atoms with Crippen LogP contribution in [-0.4, -0.2) is 37.1 Å². The summed E-state index contributed by atoms with van der Waals surface area (Å²) in [5, 5.41) is 28.4. The van der Waals surface area contributed by atoms with Crippen LogP contribution in [0.25, 0.3) is 0 Å². The van der Waals surface area contributed by atoms with Crippen LogP contribution in [-0.2, 0) is 11.3 Å². The zero-order valence-corrected chi connectivity index (χ0v) is 10.4. The molecule has 0 saturated carbocycles. The number of rotatable bonds is 5. The minimum Gasteiger partial charge on any atom is -0.505 e. The lowest BCUT2D eigenvalue weighted by molar-refractivity contribution is -0.116. The van der Waals surface area contributed by atoms with E-state index in [9.17, 15) is 14.7 Å². The summed E-state index contributed by atoms with van der Waals surface area (Å²) in [4.78, 5) is 22.6. The zero-order chi connectivity index (χ0) is 14.5. The highest BCUT2D eigenvalue weighted by Crippen LogP contribution is 2.27. The predicted molar refractivity (Wildman–Crippen MR) is 68.3 cm³/mol. The van der Waals surface area contributed by atoms with Crippen molar-refractivity contribution in [3.8, 4) is 5.75 Å². The SMILES string of the molecule is O=C(CCn1ccnn1)Nc1cccc(C(=O)O)c1O. The van der Waals surface area contributed by atoms with Gasteiger partial charge in [-0.3, -0.25) is 9.48 Å². The van der Waals surface area contributed by atoms with E-state index in [-0.39, 0.29) is 23.6 Å². The molecule has 0 aliphatic carbocycles. The van der Waals surface area contributed by atoms with E-state index >= 15 is 0 Å². The second-order valence-electron chi connectivity index (χ2n) is 3.97. The normalized spacial score (nSPS) is 10.2. The highest BCUT2D eigenvalue weighted by atomic mass is 16.4. The number of anilines is 1. The third-order valence-corrected chi connectivity index (χ3v) is 2.58. The molecule has 1 heterocycles. The number of carboxylic acid groups (broad SMARTS) is 1. The lowest BCUT2D eigenvalue weighted by Crippen LogP contribution is -2.15. The maximum absolute atomic E-state index is 11.7. The van der Waals surface area contributed by atoms with Crippen molar-refractivity contribution in [3.63, 3.8) is 0 Å². The van der Waals surface area contributed by atoms with Crippen molar-refractivity contribution in [2.24, 2.45) is 0 Å². The Balaban J connectivity index is 2.01. The molecule has 8 nitrogen and oxygen atoms in total. The van der Waals surface area contributed by atoms with Crippen molar-refractivity contribution in [3.05, 3.63) is 36.2 Å². The summed E-state index contributed by atoms with van der Waals surface area (Å²) in [6.45, 7) is 0.339. The Bertz CT molecular complexity index is 624. The van der Waals surface area contributed by atoms with Gasteiger partial charge in [-0.25, -0.2) is 4.79 Å². The number of nitrogens with one attached hydrogen (secondary N) is 1. The molecule has 1 aromatic heterocycles. The van der Waals surface area contributed by atoms with Gasteiger partial charge in [-0.1, -0.05) is 11.3 Å². The van der Waals surface area contributed by atoms with E-state index in [0.29, 0.717) is 6.54 Å². The molecule has 1 aromatic carbocycles. The highest BCUT2D eigenvalue weighted by Gasteiger charge is 2.14. The summed E-state index contributed by atoms with van der Waals surface area (Å²) in [7, 11) is 0. The number of carbonyl (C=O) groups excluding carboxylic acids is 1. The van der Waals surface area contributed by atoms with E-state index < -0.39 is 11.7 Å². The van der Waals surface area contributed by atoms with Crippen molar-refractivity contribution in [2.75, 3.05) is 5.32 Å². The van der Waals surface area contributed by atoms with Gasteiger partial charge in [-0.05, 0) is 12.1 Å². The molecular formula is C12H12N4O4. The van der Waals surface area contributed by atoms with E-state index in [1.165, 1.54) is 29.1 Å². The number of phenols is 1. The van der Waals surface area contributed by atoms with Crippen LogP contribution in [0.15, 0.2) is 30.6 Å². The Morgan fingerprint density at radius 1 is 1.35 bits per heavy atom. The Kier molecular flexibility index (Phi) is 3.94. The number of carboxylic acids is 1. The number of aromatic carboxylic acids is 1. The van der Waals surface area contributed by atoms with Crippen LogP contribution in [0, 0.1) is 0 Å². The molecule has 2 aromatic rings. The first-order valence-corrected chi connectivity index (χ1v) is 5.77. The average molecular weight is 276 g/mol. The fraction of sp³-hybridized carbons (Fsp3) is 0.167. The maximum Gasteiger partial charge on any atom is 0.339 e. The molecular weight excluding hydrogens is 264 g/mol. The first-order chi connectivity index (χ1) is 9.58. The third kappa shape index (κ3) is 3.10. The van der Waals surface area contributed by atoms with Gasteiger partial charge in [0, 0.05) is 12.6 Å². The minimum absolute atomic E-state index is 0.0634. The summed E-state index contributed by atoms with van der Waals surface area (Å²) < 4.78 is 1.49. The maximum atomic E-state index is 11.7. The van der Waals surface area contributed by atoms with Gasteiger partial charge in [0.05, 0.1) is 18.4 Å². The molecule has 3 N–H and O–H groups in total. The molecule has 20 heavy (non-hydrogen) atoms. The molecule has 1 amide bonds. The number of para-hydroxylation sites is 1. The number of amides is 1. The number of hydrogen-bond acceptors (Lipinski definition) is 5. The van der Waals surface area contributed by atoms with E-state index in [1.807, 2.05) is 0 Å². The number of aryl methyl sites for hydroxylation is 1. The summed E-state index contributed by atoms with van der Waals surface area (Å²) >= 11 is 0. The van der Waals surface area contributed by atoms with Crippen LogP contribution in [0.2, 0.25) is 0 Å². The fourth-order valence-corrected chi connectivity index (χ4v) is 1.60. The van der Waals surface area contributed by atoms with Gasteiger partial charge in [0.1, 0.15) is 5.56 Å². The van der Waals surface area contributed by atoms with Gasteiger partial charge < -0.3 is 15.5 Å². The monoisotopic (exact) mass is 276 g/mol. The molecule has 0 fully saturated rings. The molecule has 8 heteroatoms. The Labute approximate surface area is 113 Å². The lowest BCUT2D eigenvalue weighted by Gasteiger charge is -2.09. The van der Waals surface area contributed by atoms with Crippen LogP contribution < -0.4 is 5.32 Å². The second-order valence-corrected chi connectivity index (χ2v) is 3.97. The molecule has 0 aliphatic rings. The van der Waals surface area contributed by atoms with Crippen molar-refractivity contribution >= 4 is 17.6 Å². The van der Waals surface area contributed by atoms with Gasteiger partial charge in [0.15, 0.2) is 5.75 Å². The topological polar surface area (TPSA) is 117 Å². The van der Waals surface area contributed by atoms with Gasteiger partial charge in [-0.2, -0.15) is 0 Å². The zero-order valence-electron chi connectivity index (χ0n) is 10.4. The first kappa shape index (κ1) is 13.5. The standard InChI is InChI=1S/C12H12N4O4/c17-10(4-6-16-7-5-13-15-16)14-9-3-1-2-8(11(9)18)12(19)20/h1-3,5,7,18H,4,6H2,(H,14,17)(H,19,20).